The van der Waals surface area contributed by atoms with Crippen molar-refractivity contribution in [2.24, 2.45) is 0 Å². The van der Waals surface area contributed by atoms with Gasteiger partial charge in [-0.15, -0.1) is 0 Å². The molecule has 7 heteroatoms. The summed E-state index contributed by atoms with van der Waals surface area (Å²) in [6.45, 7) is 0. The number of ether oxygens (including phenoxy) is 2. The van der Waals surface area contributed by atoms with Gasteiger partial charge in [-0.25, -0.2) is 13.9 Å². The number of benzene rings is 2. The maximum absolute atomic E-state index is 13.1. The van der Waals surface area contributed by atoms with Gasteiger partial charge in [0.25, 0.3) is 0 Å². The smallest absolute Gasteiger partial charge is 0.354 e. The predicted octanol–water partition coefficient (Wildman–Crippen LogP) is 3.39. The maximum atomic E-state index is 13.1. The lowest BCUT2D eigenvalue weighted by atomic mass is 10.1. The molecule has 1 heterocycles. The van der Waals surface area contributed by atoms with Gasteiger partial charge in [0.05, 0.1) is 25.6 Å². The van der Waals surface area contributed by atoms with Gasteiger partial charge in [0, 0.05) is 11.6 Å². The van der Waals surface area contributed by atoms with E-state index in [0.717, 1.165) is 0 Å². The van der Waals surface area contributed by atoms with Crippen LogP contribution >= 0.6 is 0 Å². The Morgan fingerprint density at radius 1 is 1.08 bits per heavy atom. The van der Waals surface area contributed by atoms with E-state index in [9.17, 15) is 14.3 Å². The Kier molecular flexibility index (Phi) is 4.38. The molecule has 0 atom stereocenters. The summed E-state index contributed by atoms with van der Waals surface area (Å²) in [6, 6.07) is 12.0. The Morgan fingerprint density at radius 2 is 1.80 bits per heavy atom. The fraction of sp³-hybridized carbons (Fsp3) is 0.111. The molecule has 6 nitrogen and oxygen atoms in total. The average molecular weight is 342 g/mol. The van der Waals surface area contributed by atoms with E-state index in [1.54, 1.807) is 25.3 Å². The Bertz CT molecular complexity index is 919. The third-order valence-corrected chi connectivity index (χ3v) is 3.68. The molecule has 1 N–H and O–H groups in total. The minimum absolute atomic E-state index is 0.0421. The Morgan fingerprint density at radius 3 is 2.40 bits per heavy atom. The average Bonchev–Trinajstić information content (AvgIpc) is 3.07. The molecular weight excluding hydrogens is 327 g/mol. The van der Waals surface area contributed by atoms with Crippen molar-refractivity contribution in [2.45, 2.75) is 0 Å². The zero-order valence-corrected chi connectivity index (χ0v) is 13.6. The molecule has 3 rings (SSSR count). The molecule has 25 heavy (non-hydrogen) atoms. The van der Waals surface area contributed by atoms with Gasteiger partial charge in [0.2, 0.25) is 0 Å². The van der Waals surface area contributed by atoms with Crippen LogP contribution in [-0.2, 0) is 0 Å². The number of nitrogens with zero attached hydrogens (tertiary/aromatic N) is 2. The lowest BCUT2D eigenvalue weighted by molar-refractivity contribution is 0.0687. The fourth-order valence-corrected chi connectivity index (χ4v) is 2.45. The largest absolute Gasteiger partial charge is 0.497 e. The topological polar surface area (TPSA) is 73.6 Å². The van der Waals surface area contributed by atoms with Crippen LogP contribution in [0.3, 0.4) is 0 Å². The van der Waals surface area contributed by atoms with Crippen molar-refractivity contribution in [3.8, 4) is 28.4 Å². The van der Waals surface area contributed by atoms with Gasteiger partial charge >= 0.3 is 5.97 Å². The fourth-order valence-electron chi connectivity index (χ4n) is 2.45. The third-order valence-electron chi connectivity index (χ3n) is 3.68. The first-order valence-corrected chi connectivity index (χ1v) is 7.35. The molecule has 0 fully saturated rings. The van der Waals surface area contributed by atoms with Crippen LogP contribution in [-0.4, -0.2) is 35.1 Å². The summed E-state index contributed by atoms with van der Waals surface area (Å²) in [7, 11) is 3.05. The molecule has 0 radical (unpaired) electrons. The Hall–Kier alpha value is -3.35. The quantitative estimate of drug-likeness (QED) is 0.769. The Labute approximate surface area is 143 Å². The van der Waals surface area contributed by atoms with Crippen LogP contribution in [0, 0.1) is 5.82 Å². The van der Waals surface area contributed by atoms with Gasteiger partial charge in [-0.2, -0.15) is 5.10 Å². The van der Waals surface area contributed by atoms with E-state index in [-0.39, 0.29) is 5.69 Å². The highest BCUT2D eigenvalue weighted by Gasteiger charge is 2.19. The highest BCUT2D eigenvalue weighted by Crippen LogP contribution is 2.33. The van der Waals surface area contributed by atoms with Crippen molar-refractivity contribution < 1.29 is 23.8 Å². The number of halogens is 1. The molecule has 0 aliphatic carbocycles. The number of rotatable bonds is 5. The molecule has 0 aliphatic heterocycles. The first-order chi connectivity index (χ1) is 12.0. The standard InChI is InChI=1S/C18H15FN2O4/c1-24-13-7-8-14(17(9-13)25-2)15-10-16(18(22)23)21(20-15)12-5-3-11(19)4-6-12/h3-10H,1-2H3,(H,22,23). The molecule has 1 aromatic heterocycles. The zero-order valence-electron chi connectivity index (χ0n) is 13.6. The molecule has 0 aliphatic rings. The van der Waals surface area contributed by atoms with Gasteiger partial charge in [0.1, 0.15) is 17.3 Å². The zero-order chi connectivity index (χ0) is 18.0. The summed E-state index contributed by atoms with van der Waals surface area (Å²) >= 11 is 0. The van der Waals surface area contributed by atoms with Crippen molar-refractivity contribution in [2.75, 3.05) is 14.2 Å². The van der Waals surface area contributed by atoms with E-state index in [1.165, 1.54) is 42.1 Å². The van der Waals surface area contributed by atoms with E-state index >= 15 is 0 Å². The van der Waals surface area contributed by atoms with Crippen molar-refractivity contribution in [1.29, 1.82) is 0 Å². The minimum atomic E-state index is -1.14. The van der Waals surface area contributed by atoms with Gasteiger partial charge in [0.15, 0.2) is 5.69 Å². The monoisotopic (exact) mass is 342 g/mol. The van der Waals surface area contributed by atoms with E-state index in [4.69, 9.17) is 9.47 Å². The van der Waals surface area contributed by atoms with Crippen LogP contribution < -0.4 is 9.47 Å². The van der Waals surface area contributed by atoms with Gasteiger partial charge in [-0.05, 0) is 42.5 Å². The van der Waals surface area contributed by atoms with Gasteiger partial charge in [-0.1, -0.05) is 0 Å². The number of methoxy groups -OCH3 is 2. The maximum Gasteiger partial charge on any atom is 0.354 e. The van der Waals surface area contributed by atoms with Gasteiger partial charge < -0.3 is 14.6 Å². The number of carbonyl (C=O) groups is 1. The molecule has 0 saturated carbocycles. The predicted molar refractivity (Wildman–Crippen MR) is 89.0 cm³/mol. The summed E-state index contributed by atoms with van der Waals surface area (Å²) in [4.78, 5) is 11.6. The van der Waals surface area contributed by atoms with Crippen molar-refractivity contribution >= 4 is 5.97 Å². The summed E-state index contributed by atoms with van der Waals surface area (Å²) < 4.78 is 24.9. The summed E-state index contributed by atoms with van der Waals surface area (Å²) in [5.74, 6) is -0.447. The number of carboxylic acids is 1. The highest BCUT2D eigenvalue weighted by atomic mass is 19.1. The molecule has 0 bridgehead atoms. The molecule has 3 aromatic rings. The second kappa shape index (κ2) is 6.64. The van der Waals surface area contributed by atoms with Crippen LogP contribution in [0.4, 0.5) is 4.39 Å². The highest BCUT2D eigenvalue weighted by molar-refractivity contribution is 5.88. The molecular formula is C18H15FN2O4. The molecule has 0 spiro atoms. The number of hydrogen-bond donors (Lipinski definition) is 1. The minimum Gasteiger partial charge on any atom is -0.497 e. The molecule has 2 aromatic carbocycles. The molecule has 0 unspecified atom stereocenters. The summed E-state index contributed by atoms with van der Waals surface area (Å²) in [5.41, 5.74) is 1.44. The van der Waals surface area contributed by atoms with Crippen molar-refractivity contribution in [3.63, 3.8) is 0 Å². The lowest BCUT2D eigenvalue weighted by Gasteiger charge is -2.08. The van der Waals surface area contributed by atoms with E-state index in [0.29, 0.717) is 28.4 Å². The van der Waals surface area contributed by atoms with Crippen LogP contribution in [0.5, 0.6) is 11.5 Å². The second-order valence-corrected chi connectivity index (χ2v) is 5.17. The van der Waals surface area contributed by atoms with Gasteiger partial charge in [-0.3, -0.25) is 0 Å². The molecule has 0 saturated heterocycles. The van der Waals surface area contributed by atoms with Crippen LogP contribution in [0.25, 0.3) is 16.9 Å². The summed E-state index contributed by atoms with van der Waals surface area (Å²) in [5, 5.41) is 13.8. The second-order valence-electron chi connectivity index (χ2n) is 5.17. The summed E-state index contributed by atoms with van der Waals surface area (Å²) in [6.07, 6.45) is 0. The SMILES string of the molecule is COc1ccc(-c2cc(C(=O)O)n(-c3ccc(F)cc3)n2)c(OC)c1. The van der Waals surface area contributed by atoms with Crippen molar-refractivity contribution in [3.05, 3.63) is 60.0 Å². The number of aromatic carboxylic acids is 1. The third kappa shape index (κ3) is 3.16. The van der Waals surface area contributed by atoms with Crippen molar-refractivity contribution in [1.82, 2.24) is 9.78 Å². The normalized spacial score (nSPS) is 10.5. The van der Waals surface area contributed by atoms with Crippen LogP contribution in [0.2, 0.25) is 0 Å². The number of hydrogen-bond acceptors (Lipinski definition) is 4. The first kappa shape index (κ1) is 16.5. The van der Waals surface area contributed by atoms with E-state index < -0.39 is 11.8 Å². The first-order valence-electron chi connectivity index (χ1n) is 7.35. The number of aromatic nitrogens is 2. The van der Waals surface area contributed by atoms with Crippen LogP contribution in [0.1, 0.15) is 10.5 Å². The van der Waals surface area contributed by atoms with Crippen LogP contribution in [0.15, 0.2) is 48.5 Å². The molecule has 0 amide bonds. The molecule has 128 valence electrons. The number of carboxylic acid groups (broad SMARTS) is 1. The Balaban J connectivity index is 2.14. The lowest BCUT2D eigenvalue weighted by Crippen LogP contribution is -2.07. The van der Waals surface area contributed by atoms with E-state index in [2.05, 4.69) is 5.10 Å². The van der Waals surface area contributed by atoms with E-state index in [1.807, 2.05) is 0 Å².